The van der Waals surface area contributed by atoms with Crippen molar-refractivity contribution in [2.24, 2.45) is 0 Å². The highest BCUT2D eigenvalue weighted by Crippen LogP contribution is 2.24. The molecule has 0 spiro atoms. The summed E-state index contributed by atoms with van der Waals surface area (Å²) in [4.78, 5) is 15.8. The van der Waals surface area contributed by atoms with Gasteiger partial charge in [-0.3, -0.25) is 0 Å². The second-order valence-electron chi connectivity index (χ2n) is 6.03. The molecule has 20 heavy (non-hydrogen) atoms. The number of nitrogens with zero attached hydrogens (tertiary/aromatic N) is 1. The first-order valence-electron chi connectivity index (χ1n) is 6.69. The summed E-state index contributed by atoms with van der Waals surface area (Å²) < 4.78 is 6.05. The number of halogens is 1. The molecule has 6 heteroatoms. The molecule has 1 saturated carbocycles. The number of anilines is 1. The second kappa shape index (κ2) is 5.99. The number of aromatic nitrogens is 1. The molecule has 0 aromatic carbocycles. The van der Waals surface area contributed by atoms with Gasteiger partial charge in [0.15, 0.2) is 0 Å². The number of nitrogens with one attached hydrogen (secondary N) is 2. The van der Waals surface area contributed by atoms with Crippen LogP contribution < -0.4 is 10.6 Å². The van der Waals surface area contributed by atoms with E-state index in [9.17, 15) is 4.79 Å². The van der Waals surface area contributed by atoms with Gasteiger partial charge in [-0.15, -0.1) is 0 Å². The summed E-state index contributed by atoms with van der Waals surface area (Å²) in [7, 11) is 0. The fourth-order valence-corrected chi connectivity index (χ4v) is 2.26. The first-order chi connectivity index (χ1) is 9.32. The Morgan fingerprint density at radius 1 is 1.35 bits per heavy atom. The zero-order chi connectivity index (χ0) is 14.8. The summed E-state index contributed by atoms with van der Waals surface area (Å²) in [6, 6.07) is 4.44. The minimum absolute atomic E-state index is 0.186. The maximum atomic E-state index is 11.6. The molecule has 1 fully saturated rings. The molecule has 0 atom stereocenters. The molecule has 1 amide bonds. The predicted molar refractivity (Wildman–Crippen MR) is 81.7 cm³/mol. The average molecular weight is 342 g/mol. The molecule has 2 N–H and O–H groups in total. The Morgan fingerprint density at radius 3 is 2.60 bits per heavy atom. The van der Waals surface area contributed by atoms with Crippen molar-refractivity contribution in [3.8, 4) is 0 Å². The number of carbonyl (C=O) groups is 1. The fraction of sp³-hybridized carbons (Fsp3) is 0.571. The van der Waals surface area contributed by atoms with Crippen LogP contribution in [0, 0.1) is 0 Å². The summed E-state index contributed by atoms with van der Waals surface area (Å²) in [5.74, 6) is 0. The molecule has 1 aliphatic rings. The third-order valence-electron chi connectivity index (χ3n) is 2.96. The Morgan fingerprint density at radius 2 is 2.05 bits per heavy atom. The highest BCUT2D eigenvalue weighted by molar-refractivity contribution is 9.10. The standard InChI is InChI=1S/C14H20BrN3O2/c1-14(2,3)20-13(19)18-11-6-10(7-11)17-9-4-5-12(15)16-8-9/h4-5,8,10-11,17H,6-7H2,1-3H3,(H,18,19). The van der Waals surface area contributed by atoms with E-state index in [1.165, 1.54) is 0 Å². The molecule has 5 nitrogen and oxygen atoms in total. The minimum Gasteiger partial charge on any atom is -0.444 e. The lowest BCUT2D eigenvalue weighted by Crippen LogP contribution is -2.50. The molecule has 110 valence electrons. The van der Waals surface area contributed by atoms with Gasteiger partial charge >= 0.3 is 6.09 Å². The Kier molecular flexibility index (Phi) is 4.52. The van der Waals surface area contributed by atoms with E-state index in [2.05, 4.69) is 31.5 Å². The SMILES string of the molecule is CC(C)(C)OC(=O)NC1CC(Nc2ccc(Br)nc2)C1. The van der Waals surface area contributed by atoms with E-state index >= 15 is 0 Å². The van der Waals surface area contributed by atoms with Gasteiger partial charge in [-0.05, 0) is 61.7 Å². The summed E-state index contributed by atoms with van der Waals surface area (Å²) in [5.41, 5.74) is 0.545. The molecule has 2 rings (SSSR count). The topological polar surface area (TPSA) is 63.2 Å². The number of ether oxygens (including phenoxy) is 1. The number of alkyl carbamates (subject to hydrolysis) is 1. The first kappa shape index (κ1) is 15.1. The van der Waals surface area contributed by atoms with Gasteiger partial charge in [0.25, 0.3) is 0 Å². The zero-order valence-electron chi connectivity index (χ0n) is 11.9. The third-order valence-corrected chi connectivity index (χ3v) is 3.43. The van der Waals surface area contributed by atoms with Crippen molar-refractivity contribution in [3.05, 3.63) is 22.9 Å². The molecular weight excluding hydrogens is 322 g/mol. The average Bonchev–Trinajstić information content (AvgIpc) is 2.26. The third kappa shape index (κ3) is 4.67. The van der Waals surface area contributed by atoms with Crippen LogP contribution >= 0.6 is 15.9 Å². The van der Waals surface area contributed by atoms with Crippen LogP contribution in [0.2, 0.25) is 0 Å². The quantitative estimate of drug-likeness (QED) is 0.828. The van der Waals surface area contributed by atoms with Crippen molar-refractivity contribution in [1.29, 1.82) is 0 Å². The predicted octanol–water partition coefficient (Wildman–Crippen LogP) is 3.31. The summed E-state index contributed by atoms with van der Waals surface area (Å²) >= 11 is 3.30. The van der Waals surface area contributed by atoms with E-state index in [1.807, 2.05) is 32.9 Å². The highest BCUT2D eigenvalue weighted by atomic mass is 79.9. The van der Waals surface area contributed by atoms with E-state index in [0.29, 0.717) is 6.04 Å². The first-order valence-corrected chi connectivity index (χ1v) is 7.49. The normalized spacial score (nSPS) is 21.8. The fourth-order valence-electron chi connectivity index (χ4n) is 2.02. The van der Waals surface area contributed by atoms with Crippen LogP contribution in [-0.4, -0.2) is 28.8 Å². The Labute approximate surface area is 127 Å². The molecule has 0 aliphatic heterocycles. The van der Waals surface area contributed by atoms with Gasteiger partial charge in [0.2, 0.25) is 0 Å². The van der Waals surface area contributed by atoms with Gasteiger partial charge in [-0.25, -0.2) is 9.78 Å². The molecule has 0 bridgehead atoms. The molecule has 1 aromatic rings. The molecule has 0 radical (unpaired) electrons. The van der Waals surface area contributed by atoms with E-state index < -0.39 is 5.60 Å². The monoisotopic (exact) mass is 341 g/mol. The van der Waals surface area contributed by atoms with Crippen LogP contribution in [-0.2, 0) is 4.74 Å². The zero-order valence-corrected chi connectivity index (χ0v) is 13.5. The molecule has 0 saturated heterocycles. The van der Waals surface area contributed by atoms with Gasteiger partial charge in [-0.2, -0.15) is 0 Å². The lowest BCUT2D eigenvalue weighted by Gasteiger charge is -2.37. The largest absolute Gasteiger partial charge is 0.444 e. The van der Waals surface area contributed by atoms with E-state index in [1.54, 1.807) is 6.20 Å². The van der Waals surface area contributed by atoms with E-state index in [4.69, 9.17) is 4.74 Å². The number of hydrogen-bond acceptors (Lipinski definition) is 4. The van der Waals surface area contributed by atoms with Gasteiger partial charge in [0, 0.05) is 12.1 Å². The minimum atomic E-state index is -0.450. The van der Waals surface area contributed by atoms with Crippen molar-refractivity contribution in [3.63, 3.8) is 0 Å². The number of rotatable bonds is 3. The van der Waals surface area contributed by atoms with Crippen molar-refractivity contribution < 1.29 is 9.53 Å². The number of hydrogen-bond donors (Lipinski definition) is 2. The molecule has 0 unspecified atom stereocenters. The molecular formula is C14H20BrN3O2. The molecule has 1 aromatic heterocycles. The molecule has 1 aliphatic carbocycles. The van der Waals surface area contributed by atoms with Crippen molar-refractivity contribution in [1.82, 2.24) is 10.3 Å². The summed E-state index contributed by atoms with van der Waals surface area (Å²) in [6.45, 7) is 5.58. The van der Waals surface area contributed by atoms with Crippen LogP contribution in [0.3, 0.4) is 0 Å². The lowest BCUT2D eigenvalue weighted by atomic mass is 9.87. The van der Waals surface area contributed by atoms with Crippen molar-refractivity contribution in [2.45, 2.75) is 51.3 Å². The van der Waals surface area contributed by atoms with E-state index in [-0.39, 0.29) is 12.1 Å². The number of carbonyl (C=O) groups excluding carboxylic acids is 1. The van der Waals surface area contributed by atoms with Crippen LogP contribution in [0.15, 0.2) is 22.9 Å². The van der Waals surface area contributed by atoms with Gasteiger partial charge in [0.05, 0.1) is 11.9 Å². The Hall–Kier alpha value is -1.30. The van der Waals surface area contributed by atoms with Gasteiger partial charge < -0.3 is 15.4 Å². The molecule has 1 heterocycles. The summed E-state index contributed by atoms with van der Waals surface area (Å²) in [5, 5.41) is 6.26. The van der Waals surface area contributed by atoms with Gasteiger partial charge in [-0.1, -0.05) is 0 Å². The van der Waals surface area contributed by atoms with E-state index in [0.717, 1.165) is 23.1 Å². The Balaban J connectivity index is 1.70. The van der Waals surface area contributed by atoms with Crippen LogP contribution in [0.5, 0.6) is 0 Å². The Bertz CT molecular complexity index is 464. The number of amides is 1. The smallest absolute Gasteiger partial charge is 0.407 e. The second-order valence-corrected chi connectivity index (χ2v) is 6.84. The highest BCUT2D eigenvalue weighted by Gasteiger charge is 2.31. The van der Waals surface area contributed by atoms with Crippen LogP contribution in [0.4, 0.5) is 10.5 Å². The maximum absolute atomic E-state index is 11.6. The van der Waals surface area contributed by atoms with Crippen LogP contribution in [0.25, 0.3) is 0 Å². The van der Waals surface area contributed by atoms with Crippen molar-refractivity contribution >= 4 is 27.7 Å². The number of pyridine rings is 1. The van der Waals surface area contributed by atoms with Crippen LogP contribution in [0.1, 0.15) is 33.6 Å². The van der Waals surface area contributed by atoms with Gasteiger partial charge in [0.1, 0.15) is 10.2 Å². The lowest BCUT2D eigenvalue weighted by molar-refractivity contribution is 0.0475. The van der Waals surface area contributed by atoms with Crippen molar-refractivity contribution in [2.75, 3.05) is 5.32 Å². The maximum Gasteiger partial charge on any atom is 0.407 e. The summed E-state index contributed by atoms with van der Waals surface area (Å²) in [6.07, 6.45) is 3.25.